The van der Waals surface area contributed by atoms with Gasteiger partial charge in [0.05, 0.1) is 18.0 Å². The number of amides is 2. The Morgan fingerprint density at radius 1 is 1.36 bits per heavy atom. The third kappa shape index (κ3) is 5.35. The molecule has 4 rings (SSSR count). The minimum absolute atomic E-state index is 0.000264. The molecule has 1 aliphatic carbocycles. The lowest BCUT2D eigenvalue weighted by molar-refractivity contribution is -0.133. The van der Waals surface area contributed by atoms with Crippen LogP contribution in [0.4, 0.5) is 0 Å². The van der Waals surface area contributed by atoms with Crippen molar-refractivity contribution >= 4 is 29.4 Å². The van der Waals surface area contributed by atoms with Gasteiger partial charge >= 0.3 is 0 Å². The zero-order valence-corrected chi connectivity index (χ0v) is 22.7. The van der Waals surface area contributed by atoms with Gasteiger partial charge in [0, 0.05) is 42.7 Å². The lowest BCUT2D eigenvalue weighted by atomic mass is 9.87. The molecular weight excluding hydrogens is 480 g/mol. The van der Waals surface area contributed by atoms with Crippen molar-refractivity contribution in [2.45, 2.75) is 89.4 Å². The van der Waals surface area contributed by atoms with Crippen LogP contribution in [0.5, 0.6) is 5.75 Å². The van der Waals surface area contributed by atoms with Crippen molar-refractivity contribution in [2.75, 3.05) is 13.7 Å². The fourth-order valence-electron chi connectivity index (χ4n) is 5.79. The number of methoxy groups -OCH3 is 1. The van der Waals surface area contributed by atoms with Crippen LogP contribution in [0.1, 0.15) is 77.8 Å². The predicted molar refractivity (Wildman–Crippen MR) is 140 cm³/mol. The number of fused-ring (bicyclic) bond motifs is 1. The molecule has 36 heavy (non-hydrogen) atoms. The largest absolute Gasteiger partial charge is 0.487 e. The van der Waals surface area contributed by atoms with E-state index >= 15 is 0 Å². The summed E-state index contributed by atoms with van der Waals surface area (Å²) in [7, 11) is 1.64. The van der Waals surface area contributed by atoms with Gasteiger partial charge in [-0.15, -0.1) is 0 Å². The van der Waals surface area contributed by atoms with Gasteiger partial charge in [-0.3, -0.25) is 14.5 Å². The average Bonchev–Trinajstić information content (AvgIpc) is 3.61. The van der Waals surface area contributed by atoms with Gasteiger partial charge in [0.2, 0.25) is 11.8 Å². The van der Waals surface area contributed by atoms with E-state index in [1.807, 2.05) is 39.8 Å². The summed E-state index contributed by atoms with van der Waals surface area (Å²) in [6, 6.07) is 5.09. The molecule has 0 unspecified atom stereocenters. The van der Waals surface area contributed by atoms with Gasteiger partial charge in [-0.2, -0.15) is 0 Å². The summed E-state index contributed by atoms with van der Waals surface area (Å²) >= 11 is 6.25. The number of hydrogen-bond donors (Lipinski definition) is 2. The number of rotatable bonds is 9. The van der Waals surface area contributed by atoms with Gasteiger partial charge in [0.15, 0.2) is 5.96 Å². The number of nitrogens with one attached hydrogen (secondary N) is 1. The molecule has 1 fully saturated rings. The molecule has 0 saturated heterocycles. The van der Waals surface area contributed by atoms with Crippen molar-refractivity contribution in [3.63, 3.8) is 0 Å². The lowest BCUT2D eigenvalue weighted by Crippen LogP contribution is -2.56. The van der Waals surface area contributed by atoms with Crippen molar-refractivity contribution in [3.8, 4) is 5.75 Å². The molecule has 1 aromatic carbocycles. The summed E-state index contributed by atoms with van der Waals surface area (Å²) in [5, 5.41) is 3.85. The van der Waals surface area contributed by atoms with Crippen molar-refractivity contribution in [3.05, 3.63) is 28.8 Å². The van der Waals surface area contributed by atoms with Crippen molar-refractivity contribution in [2.24, 2.45) is 22.6 Å². The Kier molecular flexibility index (Phi) is 7.58. The van der Waals surface area contributed by atoms with E-state index in [0.29, 0.717) is 37.3 Å². The summed E-state index contributed by atoms with van der Waals surface area (Å²) in [4.78, 5) is 33.1. The molecule has 0 bridgehead atoms. The summed E-state index contributed by atoms with van der Waals surface area (Å²) in [5.41, 5.74) is 6.43. The van der Waals surface area contributed by atoms with Crippen molar-refractivity contribution < 1.29 is 19.1 Å². The third-order valence-electron chi connectivity index (χ3n) is 8.03. The van der Waals surface area contributed by atoms with E-state index in [2.05, 4.69) is 5.32 Å². The van der Waals surface area contributed by atoms with Crippen LogP contribution in [0.2, 0.25) is 5.02 Å². The SMILES string of the molecule is CCC1(CC)CC(=O)N([C@H](CCOC)[C@H]2C[C@@H]2C(=O)N[C@H]2CC(C)(C)Oc3ccc(Cl)cc32)C(N)=N1. The second kappa shape index (κ2) is 10.2. The van der Waals surface area contributed by atoms with Gasteiger partial charge < -0.3 is 20.5 Å². The second-order valence-corrected chi connectivity index (χ2v) is 11.4. The molecule has 2 heterocycles. The molecule has 2 amide bonds. The Bertz CT molecular complexity index is 1040. The topological polar surface area (TPSA) is 106 Å². The maximum atomic E-state index is 13.4. The van der Waals surface area contributed by atoms with E-state index in [1.165, 1.54) is 0 Å². The molecule has 1 saturated carbocycles. The van der Waals surface area contributed by atoms with Gasteiger partial charge in [0.25, 0.3) is 0 Å². The van der Waals surface area contributed by atoms with Crippen LogP contribution in [0.3, 0.4) is 0 Å². The van der Waals surface area contributed by atoms with Crippen LogP contribution in [-0.4, -0.2) is 53.6 Å². The highest BCUT2D eigenvalue weighted by atomic mass is 35.5. The molecule has 0 spiro atoms. The summed E-state index contributed by atoms with van der Waals surface area (Å²) in [6.07, 6.45) is 3.78. The Morgan fingerprint density at radius 3 is 2.72 bits per heavy atom. The number of aliphatic imine (C=N–C) groups is 1. The smallest absolute Gasteiger partial charge is 0.231 e. The summed E-state index contributed by atoms with van der Waals surface area (Å²) < 4.78 is 11.4. The number of carbonyl (C=O) groups is 2. The van der Waals surface area contributed by atoms with Gasteiger partial charge in [-0.25, -0.2) is 4.99 Å². The molecule has 8 nitrogen and oxygen atoms in total. The normalized spacial score (nSPS) is 26.9. The van der Waals surface area contributed by atoms with Gasteiger partial charge in [0.1, 0.15) is 11.4 Å². The number of nitrogens with two attached hydrogens (primary N) is 1. The third-order valence-corrected chi connectivity index (χ3v) is 8.26. The van der Waals surface area contributed by atoms with E-state index in [1.54, 1.807) is 18.1 Å². The lowest BCUT2D eigenvalue weighted by Gasteiger charge is -2.40. The monoisotopic (exact) mass is 518 g/mol. The molecule has 2 aliphatic heterocycles. The number of guanidine groups is 1. The maximum absolute atomic E-state index is 13.4. The number of benzene rings is 1. The number of nitrogens with zero attached hydrogens (tertiary/aromatic N) is 2. The molecule has 4 atom stereocenters. The minimum Gasteiger partial charge on any atom is -0.487 e. The van der Waals surface area contributed by atoms with Crippen molar-refractivity contribution in [1.82, 2.24) is 10.2 Å². The first kappa shape index (κ1) is 26.7. The first-order chi connectivity index (χ1) is 17.0. The zero-order valence-electron chi connectivity index (χ0n) is 22.0. The highest BCUT2D eigenvalue weighted by Crippen LogP contribution is 2.47. The van der Waals surface area contributed by atoms with Gasteiger partial charge in [-0.05, 0) is 63.6 Å². The molecule has 0 radical (unpaired) electrons. The molecule has 3 N–H and O–H groups in total. The van der Waals surface area contributed by atoms with E-state index in [0.717, 1.165) is 24.2 Å². The maximum Gasteiger partial charge on any atom is 0.231 e. The van der Waals surface area contributed by atoms with Crippen molar-refractivity contribution in [1.29, 1.82) is 0 Å². The minimum atomic E-state index is -0.436. The molecular formula is C27H39ClN4O4. The first-order valence-corrected chi connectivity index (χ1v) is 13.4. The highest BCUT2D eigenvalue weighted by molar-refractivity contribution is 6.30. The summed E-state index contributed by atoms with van der Waals surface area (Å²) in [6.45, 7) is 8.58. The van der Waals surface area contributed by atoms with Crippen LogP contribution in [0.25, 0.3) is 0 Å². The predicted octanol–water partition coefficient (Wildman–Crippen LogP) is 4.21. The number of ether oxygens (including phenoxy) is 2. The molecule has 1 aromatic rings. The molecule has 9 heteroatoms. The fraction of sp³-hybridized carbons (Fsp3) is 0.667. The highest BCUT2D eigenvalue weighted by Gasteiger charge is 2.53. The molecule has 3 aliphatic rings. The summed E-state index contributed by atoms with van der Waals surface area (Å²) in [5.74, 6) is 0.757. The molecule has 198 valence electrons. The van der Waals surface area contributed by atoms with Crippen LogP contribution in [-0.2, 0) is 14.3 Å². The second-order valence-electron chi connectivity index (χ2n) is 11.0. The van der Waals surface area contributed by atoms with Gasteiger partial charge in [-0.1, -0.05) is 25.4 Å². The van der Waals surface area contributed by atoms with Crippen LogP contribution >= 0.6 is 11.6 Å². The Morgan fingerprint density at radius 2 is 2.08 bits per heavy atom. The Balaban J connectivity index is 1.51. The molecule has 0 aromatic heterocycles. The number of halogens is 1. The number of carbonyl (C=O) groups excluding carboxylic acids is 2. The Hall–Kier alpha value is -2.32. The average molecular weight is 519 g/mol. The zero-order chi connectivity index (χ0) is 26.3. The quantitative estimate of drug-likeness (QED) is 0.509. The van der Waals surface area contributed by atoms with Crippen LogP contribution < -0.4 is 15.8 Å². The Labute approximate surface area is 218 Å². The van der Waals surface area contributed by atoms with E-state index < -0.39 is 11.1 Å². The fourth-order valence-corrected chi connectivity index (χ4v) is 5.97. The van der Waals surface area contributed by atoms with Crippen LogP contribution in [0, 0.1) is 11.8 Å². The van der Waals surface area contributed by atoms with E-state index in [-0.39, 0.29) is 41.7 Å². The van der Waals surface area contributed by atoms with Crippen LogP contribution in [0.15, 0.2) is 23.2 Å². The first-order valence-electron chi connectivity index (χ1n) is 13.0. The standard InChI is InChI=1S/C27H39ClN4O4/c1-6-27(7-2)15-23(33)32(25(29)31-27)21(10-11-35-5)17-13-18(17)24(34)30-20-14-26(3,4)36-22-9-8-16(28)12-19(20)22/h8-9,12,17-18,20-21H,6-7,10-11,13-15H2,1-5H3,(H2,29,31)(H,30,34)/t17-,18-,20-,21+/m0/s1. The number of hydrogen-bond acceptors (Lipinski definition) is 6. The van der Waals surface area contributed by atoms with E-state index in [9.17, 15) is 9.59 Å². The van der Waals surface area contributed by atoms with E-state index in [4.69, 9.17) is 31.8 Å².